The molecular formula is C20H26N6O3. The molecule has 5 heterocycles. The van der Waals surface area contributed by atoms with Crippen molar-refractivity contribution in [1.82, 2.24) is 29.5 Å². The third-order valence-electron chi connectivity index (χ3n) is 6.33. The zero-order valence-corrected chi connectivity index (χ0v) is 16.6. The first kappa shape index (κ1) is 18.4. The lowest BCUT2D eigenvalue weighted by Gasteiger charge is -2.45. The number of ether oxygens (including phenoxy) is 1. The van der Waals surface area contributed by atoms with Crippen LogP contribution in [-0.4, -0.2) is 73.6 Å². The van der Waals surface area contributed by atoms with Crippen LogP contribution in [0.2, 0.25) is 0 Å². The van der Waals surface area contributed by atoms with Gasteiger partial charge in [0.1, 0.15) is 17.1 Å². The minimum absolute atomic E-state index is 0.0757. The number of hydrogen-bond donors (Lipinski definition) is 1. The number of H-pyrrole nitrogens is 1. The number of carbonyl (C=O) groups excluding carboxylic acids is 2. The molecule has 1 spiro atoms. The molecule has 0 aromatic carbocycles. The molecule has 154 valence electrons. The van der Waals surface area contributed by atoms with Crippen LogP contribution in [0.5, 0.6) is 0 Å². The predicted molar refractivity (Wildman–Crippen MR) is 103 cm³/mol. The Morgan fingerprint density at radius 3 is 2.62 bits per heavy atom. The molecule has 3 aliphatic rings. The first-order valence-corrected chi connectivity index (χ1v) is 10.4. The van der Waals surface area contributed by atoms with Gasteiger partial charge in [-0.3, -0.25) is 14.7 Å². The SMILES string of the molecule is Cc1cc(C(=O)N2CCC3(CC2)O[C@@H](C(=O)N2CCCC2)Cn2ccnc23)n[nH]1. The Bertz CT molecular complexity index is 920. The van der Waals surface area contributed by atoms with Crippen molar-refractivity contribution in [3.05, 3.63) is 35.7 Å². The molecule has 2 saturated heterocycles. The molecule has 1 atom stereocenters. The summed E-state index contributed by atoms with van der Waals surface area (Å²) in [5.74, 6) is 0.866. The molecule has 29 heavy (non-hydrogen) atoms. The molecule has 0 unspecified atom stereocenters. The van der Waals surface area contributed by atoms with E-state index in [1.165, 1.54) is 0 Å². The summed E-state index contributed by atoms with van der Waals surface area (Å²) in [5.41, 5.74) is 0.675. The Hall–Kier alpha value is -2.68. The Morgan fingerprint density at radius 1 is 1.17 bits per heavy atom. The number of fused-ring (bicyclic) bond motifs is 2. The second-order valence-corrected chi connectivity index (χ2v) is 8.26. The number of aryl methyl sites for hydroxylation is 1. The summed E-state index contributed by atoms with van der Waals surface area (Å²) in [6, 6.07) is 1.77. The molecule has 0 radical (unpaired) electrons. The molecule has 0 bridgehead atoms. The van der Waals surface area contributed by atoms with E-state index in [1.807, 2.05) is 22.9 Å². The van der Waals surface area contributed by atoms with Crippen LogP contribution in [0, 0.1) is 6.92 Å². The molecule has 3 aliphatic heterocycles. The van der Waals surface area contributed by atoms with Crippen molar-refractivity contribution in [1.29, 1.82) is 0 Å². The van der Waals surface area contributed by atoms with Gasteiger partial charge in [-0.05, 0) is 25.8 Å². The van der Waals surface area contributed by atoms with E-state index < -0.39 is 11.7 Å². The minimum Gasteiger partial charge on any atom is -0.352 e. The molecule has 5 rings (SSSR count). The van der Waals surface area contributed by atoms with Gasteiger partial charge in [-0.15, -0.1) is 0 Å². The second-order valence-electron chi connectivity index (χ2n) is 8.26. The van der Waals surface area contributed by atoms with Crippen LogP contribution >= 0.6 is 0 Å². The van der Waals surface area contributed by atoms with Crippen molar-refractivity contribution < 1.29 is 14.3 Å². The van der Waals surface area contributed by atoms with E-state index in [4.69, 9.17) is 4.74 Å². The quantitative estimate of drug-likeness (QED) is 0.816. The van der Waals surface area contributed by atoms with Crippen LogP contribution in [-0.2, 0) is 21.7 Å². The Balaban J connectivity index is 1.34. The number of piperidine rings is 1. The zero-order chi connectivity index (χ0) is 20.0. The summed E-state index contributed by atoms with van der Waals surface area (Å²) in [4.78, 5) is 34.0. The van der Waals surface area contributed by atoms with Crippen molar-refractivity contribution in [2.45, 2.75) is 50.9 Å². The van der Waals surface area contributed by atoms with Crippen molar-refractivity contribution in [3.8, 4) is 0 Å². The smallest absolute Gasteiger partial charge is 0.274 e. The maximum Gasteiger partial charge on any atom is 0.274 e. The lowest BCUT2D eigenvalue weighted by molar-refractivity contribution is -0.179. The van der Waals surface area contributed by atoms with E-state index in [-0.39, 0.29) is 11.8 Å². The van der Waals surface area contributed by atoms with Crippen LogP contribution in [0.3, 0.4) is 0 Å². The zero-order valence-electron chi connectivity index (χ0n) is 16.6. The number of nitrogens with one attached hydrogen (secondary N) is 1. The highest BCUT2D eigenvalue weighted by atomic mass is 16.5. The Labute approximate surface area is 169 Å². The average Bonchev–Trinajstić information content (AvgIpc) is 3.49. The van der Waals surface area contributed by atoms with Gasteiger partial charge in [0, 0.05) is 57.1 Å². The largest absolute Gasteiger partial charge is 0.352 e. The van der Waals surface area contributed by atoms with Gasteiger partial charge in [0.2, 0.25) is 0 Å². The molecule has 2 amide bonds. The second kappa shape index (κ2) is 6.98. The molecule has 2 aromatic heterocycles. The van der Waals surface area contributed by atoms with Crippen LogP contribution in [0.1, 0.15) is 47.7 Å². The van der Waals surface area contributed by atoms with E-state index in [1.54, 1.807) is 12.3 Å². The number of hydrogen-bond acceptors (Lipinski definition) is 5. The molecule has 9 nitrogen and oxygen atoms in total. The van der Waals surface area contributed by atoms with Gasteiger partial charge < -0.3 is 19.1 Å². The number of carbonyl (C=O) groups is 2. The number of aromatic nitrogens is 4. The number of imidazole rings is 1. The topological polar surface area (TPSA) is 96.3 Å². The fraction of sp³-hybridized carbons (Fsp3) is 0.600. The average molecular weight is 398 g/mol. The summed E-state index contributed by atoms with van der Waals surface area (Å²) in [7, 11) is 0. The maximum absolute atomic E-state index is 13.0. The van der Waals surface area contributed by atoms with Crippen molar-refractivity contribution in [3.63, 3.8) is 0 Å². The van der Waals surface area contributed by atoms with E-state index in [2.05, 4.69) is 19.7 Å². The molecule has 2 aromatic rings. The lowest BCUT2D eigenvalue weighted by atomic mass is 9.88. The normalized spacial score (nSPS) is 23.4. The summed E-state index contributed by atoms with van der Waals surface area (Å²) in [6.07, 6.45) is 6.55. The van der Waals surface area contributed by atoms with Gasteiger partial charge in [0.25, 0.3) is 11.8 Å². The van der Waals surface area contributed by atoms with Crippen LogP contribution in [0.15, 0.2) is 18.5 Å². The molecule has 0 saturated carbocycles. The van der Waals surface area contributed by atoms with Gasteiger partial charge in [0.05, 0.1) is 6.54 Å². The van der Waals surface area contributed by atoms with Crippen molar-refractivity contribution in [2.24, 2.45) is 0 Å². The summed E-state index contributed by atoms with van der Waals surface area (Å²) >= 11 is 0. The number of aromatic amines is 1. The fourth-order valence-corrected chi connectivity index (χ4v) is 4.77. The summed E-state index contributed by atoms with van der Waals surface area (Å²) < 4.78 is 8.53. The van der Waals surface area contributed by atoms with Crippen molar-refractivity contribution in [2.75, 3.05) is 26.2 Å². The number of rotatable bonds is 2. The predicted octanol–water partition coefficient (Wildman–Crippen LogP) is 1.07. The van der Waals surface area contributed by atoms with Crippen molar-refractivity contribution >= 4 is 11.8 Å². The molecule has 2 fully saturated rings. The molecular weight excluding hydrogens is 372 g/mol. The number of nitrogens with zero attached hydrogens (tertiary/aromatic N) is 5. The van der Waals surface area contributed by atoms with Crippen LogP contribution < -0.4 is 0 Å². The van der Waals surface area contributed by atoms with Crippen LogP contribution in [0.4, 0.5) is 0 Å². The molecule has 9 heteroatoms. The highest BCUT2D eigenvalue weighted by molar-refractivity contribution is 5.92. The standard InChI is InChI=1S/C20H26N6O3/c1-14-12-15(23-22-14)17(27)25-9-4-20(5-10-25)19-21-6-11-26(19)13-16(29-20)18(28)24-7-2-3-8-24/h6,11-12,16H,2-5,7-10,13H2,1H3,(H,22,23)/t16-/m1/s1. The van der Waals surface area contributed by atoms with Crippen LogP contribution in [0.25, 0.3) is 0 Å². The minimum atomic E-state index is -0.625. The Morgan fingerprint density at radius 2 is 1.93 bits per heavy atom. The van der Waals surface area contributed by atoms with Gasteiger partial charge in [-0.2, -0.15) is 5.10 Å². The highest BCUT2D eigenvalue weighted by Gasteiger charge is 2.48. The summed E-state index contributed by atoms with van der Waals surface area (Å²) in [6.45, 7) is 5.09. The fourth-order valence-electron chi connectivity index (χ4n) is 4.77. The van der Waals surface area contributed by atoms with E-state index in [0.717, 1.165) is 37.4 Å². The number of likely N-dealkylation sites (tertiary alicyclic amines) is 2. The third kappa shape index (κ3) is 3.13. The van der Waals surface area contributed by atoms with Gasteiger partial charge >= 0.3 is 0 Å². The number of amides is 2. The van der Waals surface area contributed by atoms with E-state index in [9.17, 15) is 9.59 Å². The first-order valence-electron chi connectivity index (χ1n) is 10.4. The van der Waals surface area contributed by atoms with E-state index >= 15 is 0 Å². The Kier molecular flexibility index (Phi) is 4.42. The monoisotopic (exact) mass is 398 g/mol. The highest BCUT2D eigenvalue weighted by Crippen LogP contribution is 2.40. The molecule has 1 N–H and O–H groups in total. The van der Waals surface area contributed by atoms with Gasteiger partial charge in [-0.25, -0.2) is 4.98 Å². The summed E-state index contributed by atoms with van der Waals surface area (Å²) in [5, 5.41) is 6.91. The van der Waals surface area contributed by atoms with Gasteiger partial charge in [-0.1, -0.05) is 0 Å². The third-order valence-corrected chi connectivity index (χ3v) is 6.33. The van der Waals surface area contributed by atoms with Gasteiger partial charge in [0.15, 0.2) is 6.10 Å². The first-order chi connectivity index (χ1) is 14.1. The van der Waals surface area contributed by atoms with E-state index in [0.29, 0.717) is 38.2 Å². The molecule has 0 aliphatic carbocycles. The maximum atomic E-state index is 13.0. The lowest BCUT2D eigenvalue weighted by Crippen LogP contribution is -2.55.